The van der Waals surface area contributed by atoms with Crippen LogP contribution in [-0.2, 0) is 6.42 Å². The Bertz CT molecular complexity index is 585. The second-order valence-electron chi connectivity index (χ2n) is 5.62. The highest BCUT2D eigenvalue weighted by Crippen LogP contribution is 2.32. The van der Waals surface area contributed by atoms with Gasteiger partial charge in [0.1, 0.15) is 5.82 Å². The van der Waals surface area contributed by atoms with Gasteiger partial charge in [-0.2, -0.15) is 0 Å². The molecule has 1 aliphatic rings. The van der Waals surface area contributed by atoms with Gasteiger partial charge in [0.15, 0.2) is 0 Å². The van der Waals surface area contributed by atoms with Gasteiger partial charge in [-0.05, 0) is 31.0 Å². The summed E-state index contributed by atoms with van der Waals surface area (Å²) < 4.78 is 3.59. The highest BCUT2D eigenvalue weighted by atomic mass is 79.9. The SMILES string of the molecule is ClCCc1nc2ccc(Br)cc2n1C1CCCCCC1. The van der Waals surface area contributed by atoms with E-state index in [0.29, 0.717) is 11.9 Å². The zero-order valence-corrected chi connectivity index (χ0v) is 14.0. The Morgan fingerprint density at radius 1 is 1.20 bits per heavy atom. The van der Waals surface area contributed by atoms with Gasteiger partial charge >= 0.3 is 0 Å². The molecule has 0 bridgehead atoms. The molecule has 1 saturated carbocycles. The number of alkyl halides is 1. The van der Waals surface area contributed by atoms with E-state index in [9.17, 15) is 0 Å². The van der Waals surface area contributed by atoms with Crippen molar-refractivity contribution < 1.29 is 0 Å². The third-order valence-corrected chi connectivity index (χ3v) is 4.91. The Morgan fingerprint density at radius 2 is 1.95 bits per heavy atom. The summed E-state index contributed by atoms with van der Waals surface area (Å²) in [5.74, 6) is 1.79. The first kappa shape index (κ1) is 14.4. The molecule has 0 atom stereocenters. The summed E-state index contributed by atoms with van der Waals surface area (Å²) in [7, 11) is 0. The number of aromatic nitrogens is 2. The fourth-order valence-electron chi connectivity index (χ4n) is 3.30. The summed E-state index contributed by atoms with van der Waals surface area (Å²) in [6, 6.07) is 6.96. The van der Waals surface area contributed by atoms with Gasteiger partial charge in [-0.25, -0.2) is 4.98 Å². The smallest absolute Gasteiger partial charge is 0.111 e. The predicted octanol–water partition coefficient (Wildman–Crippen LogP) is 5.48. The monoisotopic (exact) mass is 354 g/mol. The first-order valence-corrected chi connectivity index (χ1v) is 8.84. The third-order valence-electron chi connectivity index (χ3n) is 4.23. The molecule has 0 amide bonds. The number of rotatable bonds is 3. The van der Waals surface area contributed by atoms with Crippen LogP contribution in [0.2, 0.25) is 0 Å². The average Bonchev–Trinajstić information content (AvgIpc) is 2.63. The lowest BCUT2D eigenvalue weighted by molar-refractivity contribution is 0.441. The van der Waals surface area contributed by atoms with Crippen molar-refractivity contribution >= 4 is 38.6 Å². The molecule has 20 heavy (non-hydrogen) atoms. The maximum absolute atomic E-state index is 5.98. The quantitative estimate of drug-likeness (QED) is 0.527. The summed E-state index contributed by atoms with van der Waals surface area (Å²) in [5.41, 5.74) is 2.35. The van der Waals surface area contributed by atoms with Crippen molar-refractivity contribution in [2.45, 2.75) is 51.0 Å². The molecule has 1 heterocycles. The standard InChI is InChI=1S/C16H20BrClN2/c17-12-7-8-14-15(11-12)20(16(19-14)9-10-18)13-5-3-1-2-4-6-13/h7-8,11,13H,1-6,9-10H2. The van der Waals surface area contributed by atoms with Crippen LogP contribution in [0.5, 0.6) is 0 Å². The maximum atomic E-state index is 5.98. The van der Waals surface area contributed by atoms with E-state index in [2.05, 4.69) is 38.7 Å². The first-order valence-electron chi connectivity index (χ1n) is 7.52. The number of halogens is 2. The molecule has 2 aromatic rings. The summed E-state index contributed by atoms with van der Waals surface area (Å²) in [6.07, 6.45) is 8.80. The predicted molar refractivity (Wildman–Crippen MR) is 88.6 cm³/mol. The minimum atomic E-state index is 0.593. The largest absolute Gasteiger partial charge is 0.325 e. The van der Waals surface area contributed by atoms with E-state index in [-0.39, 0.29) is 0 Å². The fraction of sp³-hybridized carbons (Fsp3) is 0.562. The number of fused-ring (bicyclic) bond motifs is 1. The van der Waals surface area contributed by atoms with Crippen LogP contribution in [0.25, 0.3) is 11.0 Å². The topological polar surface area (TPSA) is 17.8 Å². The van der Waals surface area contributed by atoms with E-state index in [1.165, 1.54) is 44.0 Å². The molecule has 0 N–H and O–H groups in total. The molecule has 0 spiro atoms. The van der Waals surface area contributed by atoms with Crippen LogP contribution in [0.3, 0.4) is 0 Å². The molecule has 3 rings (SSSR count). The summed E-state index contributed by atoms with van der Waals surface area (Å²) in [4.78, 5) is 4.81. The Balaban J connectivity index is 2.08. The molecular weight excluding hydrogens is 336 g/mol. The van der Waals surface area contributed by atoms with E-state index < -0.39 is 0 Å². The van der Waals surface area contributed by atoms with Crippen LogP contribution in [0.4, 0.5) is 0 Å². The zero-order chi connectivity index (χ0) is 13.9. The van der Waals surface area contributed by atoms with Gasteiger partial charge in [0, 0.05) is 22.8 Å². The van der Waals surface area contributed by atoms with E-state index >= 15 is 0 Å². The second kappa shape index (κ2) is 6.48. The number of hydrogen-bond donors (Lipinski definition) is 0. The molecular formula is C16H20BrClN2. The Hall–Kier alpha value is -0.540. The molecule has 108 valence electrons. The van der Waals surface area contributed by atoms with Crippen molar-refractivity contribution in [3.8, 4) is 0 Å². The molecule has 0 saturated heterocycles. The van der Waals surface area contributed by atoms with Crippen molar-refractivity contribution in [3.05, 3.63) is 28.5 Å². The van der Waals surface area contributed by atoms with E-state index in [1.54, 1.807) is 0 Å². The molecule has 0 radical (unpaired) electrons. The fourth-order valence-corrected chi connectivity index (χ4v) is 3.82. The van der Waals surface area contributed by atoms with Crippen LogP contribution < -0.4 is 0 Å². The van der Waals surface area contributed by atoms with Gasteiger partial charge in [-0.1, -0.05) is 41.6 Å². The van der Waals surface area contributed by atoms with E-state index in [1.807, 2.05) is 0 Å². The van der Waals surface area contributed by atoms with E-state index in [0.717, 1.165) is 22.2 Å². The van der Waals surface area contributed by atoms with Crippen LogP contribution in [0, 0.1) is 0 Å². The van der Waals surface area contributed by atoms with Crippen LogP contribution in [0.1, 0.15) is 50.4 Å². The van der Waals surface area contributed by atoms with Gasteiger partial charge in [-0.15, -0.1) is 11.6 Å². The first-order chi connectivity index (χ1) is 9.79. The summed E-state index contributed by atoms with van der Waals surface area (Å²) in [6.45, 7) is 0. The lowest BCUT2D eigenvalue weighted by Gasteiger charge is -2.20. The third kappa shape index (κ3) is 2.89. The zero-order valence-electron chi connectivity index (χ0n) is 11.6. The van der Waals surface area contributed by atoms with Gasteiger partial charge in [0.05, 0.1) is 11.0 Å². The molecule has 1 aliphatic carbocycles. The minimum absolute atomic E-state index is 0.593. The van der Waals surface area contributed by atoms with Crippen molar-refractivity contribution in [2.24, 2.45) is 0 Å². The molecule has 2 nitrogen and oxygen atoms in total. The highest BCUT2D eigenvalue weighted by molar-refractivity contribution is 9.10. The Kier molecular flexibility index (Phi) is 4.67. The van der Waals surface area contributed by atoms with E-state index in [4.69, 9.17) is 16.6 Å². The van der Waals surface area contributed by atoms with Crippen molar-refractivity contribution in [3.63, 3.8) is 0 Å². The van der Waals surface area contributed by atoms with Crippen molar-refractivity contribution in [1.29, 1.82) is 0 Å². The van der Waals surface area contributed by atoms with Crippen molar-refractivity contribution in [2.75, 3.05) is 5.88 Å². The van der Waals surface area contributed by atoms with Gasteiger partial charge in [-0.3, -0.25) is 0 Å². The van der Waals surface area contributed by atoms with Crippen LogP contribution >= 0.6 is 27.5 Å². The molecule has 1 fully saturated rings. The maximum Gasteiger partial charge on any atom is 0.111 e. The minimum Gasteiger partial charge on any atom is -0.325 e. The summed E-state index contributed by atoms with van der Waals surface area (Å²) in [5, 5.41) is 0. The molecule has 4 heteroatoms. The summed E-state index contributed by atoms with van der Waals surface area (Å²) >= 11 is 9.56. The second-order valence-corrected chi connectivity index (χ2v) is 6.91. The van der Waals surface area contributed by atoms with Crippen molar-refractivity contribution in [1.82, 2.24) is 9.55 Å². The van der Waals surface area contributed by atoms with Crippen LogP contribution in [0.15, 0.2) is 22.7 Å². The number of imidazole rings is 1. The molecule has 1 aromatic carbocycles. The number of aryl methyl sites for hydroxylation is 1. The lowest BCUT2D eigenvalue weighted by Crippen LogP contribution is -2.12. The molecule has 0 unspecified atom stereocenters. The normalized spacial score (nSPS) is 17.5. The van der Waals surface area contributed by atoms with Gasteiger partial charge in [0.25, 0.3) is 0 Å². The molecule has 1 aromatic heterocycles. The molecule has 0 aliphatic heterocycles. The number of hydrogen-bond acceptors (Lipinski definition) is 1. The Labute approximate surface area is 133 Å². The highest BCUT2D eigenvalue weighted by Gasteiger charge is 2.20. The number of benzene rings is 1. The average molecular weight is 356 g/mol. The van der Waals surface area contributed by atoms with Gasteiger partial charge < -0.3 is 4.57 Å². The van der Waals surface area contributed by atoms with Gasteiger partial charge in [0.2, 0.25) is 0 Å². The van der Waals surface area contributed by atoms with Crippen LogP contribution in [-0.4, -0.2) is 15.4 Å². The Morgan fingerprint density at radius 3 is 2.65 bits per heavy atom. The number of nitrogens with zero attached hydrogens (tertiary/aromatic N) is 2. The lowest BCUT2D eigenvalue weighted by atomic mass is 10.1.